The summed E-state index contributed by atoms with van der Waals surface area (Å²) < 4.78 is 10.5. The Morgan fingerprint density at radius 2 is 2.07 bits per heavy atom. The Morgan fingerprint density at radius 1 is 1.32 bits per heavy atom. The van der Waals surface area contributed by atoms with E-state index in [1.54, 1.807) is 0 Å². The van der Waals surface area contributed by atoms with Crippen LogP contribution >= 0.6 is 23.8 Å². The molecule has 2 aromatic heterocycles. The Bertz CT molecular complexity index is 1030. The minimum atomic E-state index is 0.504. The maximum Gasteiger partial charge on any atom is 0.271 e. The predicted molar refractivity (Wildman–Crippen MR) is 108 cm³/mol. The van der Waals surface area contributed by atoms with E-state index in [-0.39, 0.29) is 0 Å². The van der Waals surface area contributed by atoms with Crippen LogP contribution in [0.15, 0.2) is 41.3 Å². The highest BCUT2D eigenvalue weighted by Crippen LogP contribution is 2.20. The van der Waals surface area contributed by atoms with Crippen LogP contribution in [0, 0.1) is 11.7 Å². The molecule has 1 N–H and O–H groups in total. The predicted octanol–water partition coefficient (Wildman–Crippen LogP) is 2.82. The number of benzene rings is 1. The van der Waals surface area contributed by atoms with E-state index in [4.69, 9.17) is 28.2 Å². The van der Waals surface area contributed by atoms with E-state index in [2.05, 4.69) is 21.9 Å². The number of hydrogen-bond donors (Lipinski definition) is 1. The lowest BCUT2D eigenvalue weighted by Gasteiger charge is -2.16. The molecule has 3 aromatic rings. The maximum atomic E-state index is 5.94. The molecule has 1 saturated carbocycles. The van der Waals surface area contributed by atoms with Crippen molar-refractivity contribution in [1.29, 1.82) is 0 Å². The molecule has 1 aromatic carbocycles. The van der Waals surface area contributed by atoms with Crippen molar-refractivity contribution in [2.75, 3.05) is 0 Å². The Kier molecular flexibility index (Phi) is 5.43. The molecule has 1 fully saturated rings. The number of quaternary nitrogens is 1. The van der Waals surface area contributed by atoms with Crippen LogP contribution in [0.25, 0.3) is 11.5 Å². The van der Waals surface area contributed by atoms with E-state index in [0.29, 0.717) is 47.4 Å². The highest BCUT2D eigenvalue weighted by Gasteiger charge is 2.35. The second-order valence-corrected chi connectivity index (χ2v) is 7.81. The van der Waals surface area contributed by atoms with Crippen LogP contribution in [0.3, 0.4) is 0 Å². The van der Waals surface area contributed by atoms with Crippen molar-refractivity contribution in [3.05, 3.63) is 58.4 Å². The van der Waals surface area contributed by atoms with Gasteiger partial charge in [-0.25, -0.2) is 0 Å². The highest BCUT2D eigenvalue weighted by atomic mass is 35.5. The summed E-state index contributed by atoms with van der Waals surface area (Å²) in [5, 5.41) is 13.7. The summed E-state index contributed by atoms with van der Waals surface area (Å²) in [4.78, 5) is 1.32. The van der Waals surface area contributed by atoms with E-state index in [1.165, 1.54) is 17.7 Å². The molecule has 0 aliphatic heterocycles. The molecule has 28 heavy (non-hydrogen) atoms. The zero-order chi connectivity index (χ0) is 19.7. The molecule has 0 amide bonds. The summed E-state index contributed by atoms with van der Waals surface area (Å²) >= 11 is 11.5. The summed E-state index contributed by atoms with van der Waals surface area (Å²) in [5.41, 5.74) is 0.858. The number of nitrogens with one attached hydrogen (secondary N) is 1. The Morgan fingerprint density at radius 3 is 2.75 bits per heavy atom. The van der Waals surface area contributed by atoms with Gasteiger partial charge in [-0.15, -0.1) is 16.8 Å². The Labute approximate surface area is 173 Å². The third-order valence-corrected chi connectivity index (χ3v) is 5.55. The molecule has 1 aliphatic rings. The number of rotatable bonds is 8. The summed E-state index contributed by atoms with van der Waals surface area (Å²) in [6.45, 7) is 7.73. The number of hydrogen-bond acceptors (Lipinski definition) is 5. The second kappa shape index (κ2) is 7.98. The molecule has 1 aliphatic carbocycles. The number of aryl methyl sites for hydroxylation is 1. The van der Waals surface area contributed by atoms with E-state index in [0.717, 1.165) is 11.4 Å². The smallest absolute Gasteiger partial charge is 0.271 e. The normalized spacial score (nSPS) is 14.9. The van der Waals surface area contributed by atoms with Gasteiger partial charge in [-0.2, -0.15) is 9.78 Å². The average molecular weight is 418 g/mol. The number of allylic oxidation sites excluding steroid dienone is 1. The molecule has 146 valence electrons. The standard InChI is InChI=1S/C19H21ClN6OS/c1-3-10-25-13(2)23-26(19(25)28)12-24(16-8-9-16)11-17-21-22-18(27-17)14-4-6-15(20)7-5-14/h3-7,16H,1,8-12H2,2H3/p+1. The van der Waals surface area contributed by atoms with Crippen LogP contribution in [-0.2, 0) is 19.8 Å². The zero-order valence-electron chi connectivity index (χ0n) is 15.6. The molecule has 0 radical (unpaired) electrons. The van der Waals surface area contributed by atoms with Crippen LogP contribution in [0.1, 0.15) is 24.6 Å². The van der Waals surface area contributed by atoms with Crippen molar-refractivity contribution in [2.24, 2.45) is 0 Å². The fraction of sp³-hybridized carbons (Fsp3) is 0.368. The largest absolute Gasteiger partial charge is 0.415 e. The van der Waals surface area contributed by atoms with Crippen molar-refractivity contribution in [2.45, 2.75) is 45.6 Å². The molecule has 0 spiro atoms. The van der Waals surface area contributed by atoms with E-state index in [9.17, 15) is 0 Å². The molecule has 0 bridgehead atoms. The van der Waals surface area contributed by atoms with Crippen molar-refractivity contribution >= 4 is 23.8 Å². The molecule has 4 rings (SSSR count). The fourth-order valence-electron chi connectivity index (χ4n) is 3.23. The Hall–Kier alpha value is -2.29. The molecular weight excluding hydrogens is 396 g/mol. The molecule has 0 saturated heterocycles. The second-order valence-electron chi connectivity index (χ2n) is 7.00. The average Bonchev–Trinajstić information content (AvgIpc) is 3.37. The molecule has 9 heteroatoms. The SMILES string of the molecule is C=CCn1c(C)nn(C[NH+](Cc2nnc(-c3ccc(Cl)cc3)o2)C2CC2)c1=S. The van der Waals surface area contributed by atoms with Gasteiger partial charge in [0, 0.05) is 30.0 Å². The van der Waals surface area contributed by atoms with Crippen molar-refractivity contribution in [3.8, 4) is 11.5 Å². The highest BCUT2D eigenvalue weighted by molar-refractivity contribution is 7.71. The zero-order valence-corrected chi connectivity index (χ0v) is 17.2. The van der Waals surface area contributed by atoms with Crippen LogP contribution in [0.5, 0.6) is 0 Å². The van der Waals surface area contributed by atoms with E-state index < -0.39 is 0 Å². The summed E-state index contributed by atoms with van der Waals surface area (Å²) in [6, 6.07) is 7.94. The van der Waals surface area contributed by atoms with Gasteiger partial charge in [0.15, 0.2) is 13.2 Å². The van der Waals surface area contributed by atoms with Gasteiger partial charge in [-0.3, -0.25) is 0 Å². The minimum absolute atomic E-state index is 0.504. The maximum absolute atomic E-state index is 5.94. The number of aromatic nitrogens is 5. The molecule has 1 atom stereocenters. The summed E-state index contributed by atoms with van der Waals surface area (Å²) in [5.74, 6) is 2.01. The van der Waals surface area contributed by atoms with Crippen molar-refractivity contribution < 1.29 is 9.32 Å². The molecular formula is C19H22ClN6OS+. The van der Waals surface area contributed by atoms with Crippen LogP contribution in [-0.4, -0.2) is 30.6 Å². The van der Waals surface area contributed by atoms with Gasteiger partial charge in [0.05, 0.1) is 6.04 Å². The first kappa shape index (κ1) is 19.0. The van der Waals surface area contributed by atoms with Crippen LogP contribution < -0.4 is 4.90 Å². The topological polar surface area (TPSA) is 66.1 Å². The van der Waals surface area contributed by atoms with Gasteiger partial charge in [0.25, 0.3) is 5.89 Å². The van der Waals surface area contributed by atoms with Gasteiger partial charge >= 0.3 is 0 Å². The van der Waals surface area contributed by atoms with Gasteiger partial charge in [-0.05, 0) is 43.4 Å². The first-order chi connectivity index (χ1) is 13.5. The van der Waals surface area contributed by atoms with Crippen molar-refractivity contribution in [3.63, 3.8) is 0 Å². The first-order valence-corrected chi connectivity index (χ1v) is 10.0. The lowest BCUT2D eigenvalue weighted by molar-refractivity contribution is -0.949. The van der Waals surface area contributed by atoms with Gasteiger partial charge in [-0.1, -0.05) is 17.7 Å². The number of nitrogens with zero attached hydrogens (tertiary/aromatic N) is 5. The van der Waals surface area contributed by atoms with Gasteiger partial charge in [0.1, 0.15) is 5.82 Å². The first-order valence-electron chi connectivity index (χ1n) is 9.23. The monoisotopic (exact) mass is 417 g/mol. The fourth-order valence-corrected chi connectivity index (χ4v) is 3.67. The minimum Gasteiger partial charge on any atom is -0.415 e. The van der Waals surface area contributed by atoms with Crippen molar-refractivity contribution in [1.82, 2.24) is 24.5 Å². The lowest BCUT2D eigenvalue weighted by Crippen LogP contribution is -3.11. The third kappa shape index (κ3) is 4.09. The summed E-state index contributed by atoms with van der Waals surface area (Å²) in [7, 11) is 0. The lowest BCUT2D eigenvalue weighted by atomic mass is 10.2. The molecule has 2 heterocycles. The van der Waals surface area contributed by atoms with Gasteiger partial charge < -0.3 is 13.9 Å². The Balaban J connectivity index is 1.51. The van der Waals surface area contributed by atoms with E-state index >= 15 is 0 Å². The third-order valence-electron chi connectivity index (χ3n) is 4.86. The quantitative estimate of drug-likeness (QED) is 0.451. The van der Waals surface area contributed by atoms with Crippen LogP contribution in [0.4, 0.5) is 0 Å². The number of halogens is 1. The summed E-state index contributed by atoms with van der Waals surface area (Å²) in [6.07, 6.45) is 4.21. The van der Waals surface area contributed by atoms with Gasteiger partial charge in [0.2, 0.25) is 10.7 Å². The molecule has 1 unspecified atom stereocenters. The molecule has 7 nitrogen and oxygen atoms in total. The van der Waals surface area contributed by atoms with E-state index in [1.807, 2.05) is 46.5 Å². The van der Waals surface area contributed by atoms with Crippen LogP contribution in [0.2, 0.25) is 5.02 Å².